The number of carbonyl (C=O) groups is 1. The van der Waals surface area contributed by atoms with Crippen molar-refractivity contribution >= 4 is 23.3 Å². The van der Waals surface area contributed by atoms with Gasteiger partial charge >= 0.3 is 5.97 Å². The van der Waals surface area contributed by atoms with Gasteiger partial charge in [0.25, 0.3) is 0 Å². The second kappa shape index (κ2) is 8.05. The molecular weight excluding hydrogens is 384 g/mol. The van der Waals surface area contributed by atoms with E-state index in [2.05, 4.69) is 28.2 Å². The van der Waals surface area contributed by atoms with E-state index in [9.17, 15) is 9.90 Å². The van der Waals surface area contributed by atoms with Crippen molar-refractivity contribution in [3.8, 4) is 5.69 Å². The lowest BCUT2D eigenvalue weighted by Crippen LogP contribution is -2.31. The predicted molar refractivity (Wildman–Crippen MR) is 115 cm³/mol. The number of thiocarbonyl (C=S) groups is 1. The summed E-state index contributed by atoms with van der Waals surface area (Å²) in [6.45, 7) is 2.95. The molecule has 1 aliphatic rings. The lowest BCUT2D eigenvalue weighted by molar-refractivity contribution is 0.0697. The molecule has 2 aromatic heterocycles. The third-order valence-electron chi connectivity index (χ3n) is 5.12. The highest BCUT2D eigenvalue weighted by atomic mass is 32.1. The molecule has 1 saturated heterocycles. The van der Waals surface area contributed by atoms with E-state index in [1.807, 2.05) is 41.1 Å². The first kappa shape index (κ1) is 19.1. The molecule has 1 fully saturated rings. The van der Waals surface area contributed by atoms with E-state index in [4.69, 9.17) is 12.2 Å². The van der Waals surface area contributed by atoms with E-state index < -0.39 is 5.97 Å². The van der Waals surface area contributed by atoms with Crippen LogP contribution in [0.4, 0.5) is 0 Å². The van der Waals surface area contributed by atoms with E-state index in [1.54, 1.807) is 24.4 Å². The van der Waals surface area contributed by atoms with Crippen LogP contribution in [0.5, 0.6) is 0 Å². The van der Waals surface area contributed by atoms with Crippen LogP contribution in [0.15, 0.2) is 67.0 Å². The number of pyridine rings is 1. The number of nitrogens with zero attached hydrogens (tertiary/aromatic N) is 3. The summed E-state index contributed by atoms with van der Waals surface area (Å²) < 4.78 is 2.03. The van der Waals surface area contributed by atoms with E-state index >= 15 is 0 Å². The molecule has 0 radical (unpaired) electrons. The number of hydrogen-bond acceptors (Lipinski definition) is 3. The third-order valence-corrected chi connectivity index (χ3v) is 5.47. The summed E-state index contributed by atoms with van der Waals surface area (Å²) in [5.74, 6) is -0.941. The Morgan fingerprint density at radius 2 is 2.07 bits per heavy atom. The molecule has 0 amide bonds. The molecule has 0 bridgehead atoms. The van der Waals surface area contributed by atoms with Gasteiger partial charge in [0.2, 0.25) is 0 Å². The van der Waals surface area contributed by atoms with Crippen LogP contribution in [0.25, 0.3) is 5.69 Å². The maximum Gasteiger partial charge on any atom is 0.335 e. The average molecular weight is 407 g/mol. The van der Waals surface area contributed by atoms with Crippen molar-refractivity contribution in [2.24, 2.45) is 0 Å². The van der Waals surface area contributed by atoms with Gasteiger partial charge in [-0.1, -0.05) is 19.1 Å². The van der Waals surface area contributed by atoms with Gasteiger partial charge in [-0.3, -0.25) is 4.98 Å². The highest BCUT2D eigenvalue weighted by molar-refractivity contribution is 7.80. The van der Waals surface area contributed by atoms with Crippen LogP contribution in [0.2, 0.25) is 0 Å². The van der Waals surface area contributed by atoms with Gasteiger partial charge in [0.1, 0.15) is 0 Å². The van der Waals surface area contributed by atoms with Crippen LogP contribution in [0.3, 0.4) is 0 Å². The molecule has 2 unspecified atom stereocenters. The molecule has 3 heterocycles. The highest BCUT2D eigenvalue weighted by Crippen LogP contribution is 2.39. The quantitative estimate of drug-likeness (QED) is 0.604. The van der Waals surface area contributed by atoms with E-state index in [1.165, 1.54) is 0 Å². The van der Waals surface area contributed by atoms with Crippen molar-refractivity contribution in [1.29, 1.82) is 0 Å². The topological polar surface area (TPSA) is 70.4 Å². The molecule has 148 valence electrons. The third kappa shape index (κ3) is 3.61. The Kier molecular flexibility index (Phi) is 5.31. The van der Waals surface area contributed by atoms with Crippen LogP contribution in [0, 0.1) is 0 Å². The van der Waals surface area contributed by atoms with Gasteiger partial charge in [-0.25, -0.2) is 4.79 Å². The molecule has 2 N–H and O–H groups in total. The van der Waals surface area contributed by atoms with Crippen molar-refractivity contribution in [2.45, 2.75) is 25.4 Å². The number of benzene rings is 1. The Balaban J connectivity index is 1.81. The van der Waals surface area contributed by atoms with Gasteiger partial charge in [-0.05, 0) is 61.1 Å². The number of carboxylic acids is 1. The number of aromatic carboxylic acids is 1. The zero-order valence-corrected chi connectivity index (χ0v) is 16.8. The highest BCUT2D eigenvalue weighted by Gasteiger charge is 2.40. The lowest BCUT2D eigenvalue weighted by Gasteiger charge is -2.28. The van der Waals surface area contributed by atoms with Gasteiger partial charge in [-0.15, -0.1) is 0 Å². The zero-order valence-electron chi connectivity index (χ0n) is 16.0. The summed E-state index contributed by atoms with van der Waals surface area (Å²) in [6, 6.07) is 16.7. The number of hydrogen-bond donors (Lipinski definition) is 2. The minimum absolute atomic E-state index is 0.0548. The molecule has 0 aliphatic carbocycles. The smallest absolute Gasteiger partial charge is 0.335 e. The van der Waals surface area contributed by atoms with Crippen LogP contribution in [0.1, 0.15) is 47.2 Å². The molecule has 3 aromatic rings. The van der Waals surface area contributed by atoms with Crippen LogP contribution in [-0.4, -0.2) is 37.2 Å². The summed E-state index contributed by atoms with van der Waals surface area (Å²) >= 11 is 5.65. The Hall–Kier alpha value is -3.19. The van der Waals surface area contributed by atoms with Gasteiger partial charge < -0.3 is 19.9 Å². The molecular formula is C22H22N4O2S. The Bertz CT molecular complexity index is 1030. The Morgan fingerprint density at radius 1 is 1.21 bits per heavy atom. The predicted octanol–water partition coefficient (Wildman–Crippen LogP) is 3.95. The second-order valence-corrected chi connectivity index (χ2v) is 7.37. The first-order chi connectivity index (χ1) is 14.1. The van der Waals surface area contributed by atoms with E-state index in [-0.39, 0.29) is 17.6 Å². The van der Waals surface area contributed by atoms with Crippen molar-refractivity contribution in [3.05, 3.63) is 83.9 Å². The molecule has 6 nitrogen and oxygen atoms in total. The second-order valence-electron chi connectivity index (χ2n) is 6.98. The Labute approximate surface area is 174 Å². The minimum Gasteiger partial charge on any atom is -0.478 e. The maximum absolute atomic E-state index is 11.4. The van der Waals surface area contributed by atoms with Gasteiger partial charge in [0.15, 0.2) is 5.11 Å². The van der Waals surface area contributed by atoms with Gasteiger partial charge in [0, 0.05) is 30.3 Å². The fourth-order valence-corrected chi connectivity index (χ4v) is 4.20. The number of nitrogens with one attached hydrogen (secondary N) is 1. The van der Waals surface area contributed by atoms with Gasteiger partial charge in [0.05, 0.1) is 23.3 Å². The molecule has 2 atom stereocenters. The van der Waals surface area contributed by atoms with Crippen LogP contribution >= 0.6 is 12.2 Å². The first-order valence-corrected chi connectivity index (χ1v) is 10.00. The Morgan fingerprint density at radius 3 is 2.79 bits per heavy atom. The van der Waals surface area contributed by atoms with Crippen molar-refractivity contribution in [3.63, 3.8) is 0 Å². The number of carboxylic acid groups (broad SMARTS) is 1. The lowest BCUT2D eigenvalue weighted by atomic mass is 10.0. The molecule has 0 saturated carbocycles. The van der Waals surface area contributed by atoms with E-state index in [0.29, 0.717) is 5.11 Å². The van der Waals surface area contributed by atoms with Crippen LogP contribution < -0.4 is 5.32 Å². The van der Waals surface area contributed by atoms with Crippen molar-refractivity contribution in [1.82, 2.24) is 19.8 Å². The fraction of sp³-hybridized carbons (Fsp3) is 0.227. The largest absolute Gasteiger partial charge is 0.478 e. The summed E-state index contributed by atoms with van der Waals surface area (Å²) in [5, 5.41) is 13.5. The normalized spacial score (nSPS) is 18.7. The number of rotatable bonds is 6. The van der Waals surface area contributed by atoms with Crippen molar-refractivity contribution < 1.29 is 9.90 Å². The molecule has 4 rings (SSSR count). The SMILES string of the molecule is CCCN1C(=S)NC(c2ccccn2)C1c1cccn1-c1cccc(C(=O)O)c1. The molecule has 0 spiro atoms. The van der Waals surface area contributed by atoms with Crippen molar-refractivity contribution in [2.75, 3.05) is 6.54 Å². The fourth-order valence-electron chi connectivity index (χ4n) is 3.87. The summed E-state index contributed by atoms with van der Waals surface area (Å²) in [4.78, 5) is 18.2. The van der Waals surface area contributed by atoms with Crippen LogP contribution in [-0.2, 0) is 0 Å². The summed E-state index contributed by atoms with van der Waals surface area (Å²) in [6.07, 6.45) is 4.70. The molecule has 1 aromatic carbocycles. The monoisotopic (exact) mass is 406 g/mol. The van der Waals surface area contributed by atoms with Gasteiger partial charge in [-0.2, -0.15) is 0 Å². The molecule has 29 heavy (non-hydrogen) atoms. The minimum atomic E-state index is -0.941. The number of aromatic nitrogens is 2. The molecule has 1 aliphatic heterocycles. The first-order valence-electron chi connectivity index (χ1n) is 9.59. The standard InChI is InChI=1S/C22H22N4O2S/c1-2-12-26-20(19(24-22(26)29)17-9-3-4-11-23-17)18-10-6-13-25(18)16-8-5-7-15(14-16)21(27)28/h3-11,13-14,19-20H,2,12H2,1H3,(H,24,29)(H,27,28). The maximum atomic E-state index is 11.4. The average Bonchev–Trinajstić information content (AvgIpc) is 3.34. The summed E-state index contributed by atoms with van der Waals surface area (Å²) in [7, 11) is 0. The molecule has 7 heteroatoms. The summed E-state index contributed by atoms with van der Waals surface area (Å²) in [5.41, 5.74) is 3.02. The van der Waals surface area contributed by atoms with E-state index in [0.717, 1.165) is 30.0 Å². The zero-order chi connectivity index (χ0) is 20.4.